The third-order valence-electron chi connectivity index (χ3n) is 4.82. The standard InChI is InChI=1S/C24H18N4O/c25-14-17-6-1-2-9-21(17)22-12-18(23-10-3-4-11-27-23)15-28(24(22)16-29)20-8-5-7-19(26)13-20/h1-13,15-16,24H,26H2. The highest BCUT2D eigenvalue weighted by molar-refractivity contribution is 5.99. The molecule has 5 heteroatoms. The molecule has 5 nitrogen and oxygen atoms in total. The van der Waals surface area contributed by atoms with Crippen molar-refractivity contribution in [2.24, 2.45) is 0 Å². The van der Waals surface area contributed by atoms with E-state index in [1.54, 1.807) is 18.3 Å². The summed E-state index contributed by atoms with van der Waals surface area (Å²) in [6.45, 7) is 0. The fraction of sp³-hybridized carbons (Fsp3) is 0.0417. The van der Waals surface area contributed by atoms with E-state index in [4.69, 9.17) is 5.73 Å². The number of carbonyl (C=O) groups is 1. The van der Waals surface area contributed by atoms with Gasteiger partial charge >= 0.3 is 0 Å². The number of nitrogens with zero attached hydrogens (tertiary/aromatic N) is 3. The van der Waals surface area contributed by atoms with Crippen LogP contribution in [0.3, 0.4) is 0 Å². The van der Waals surface area contributed by atoms with Gasteiger partial charge < -0.3 is 15.4 Å². The molecular formula is C24H18N4O. The van der Waals surface area contributed by atoms with Crippen molar-refractivity contribution in [1.82, 2.24) is 4.98 Å². The summed E-state index contributed by atoms with van der Waals surface area (Å²) in [6.07, 6.45) is 6.44. The van der Waals surface area contributed by atoms with E-state index in [-0.39, 0.29) is 0 Å². The van der Waals surface area contributed by atoms with Crippen LogP contribution in [0, 0.1) is 11.3 Å². The molecule has 2 N–H and O–H groups in total. The molecule has 0 bridgehead atoms. The van der Waals surface area contributed by atoms with Gasteiger partial charge in [-0.15, -0.1) is 0 Å². The average Bonchev–Trinajstić information content (AvgIpc) is 2.78. The van der Waals surface area contributed by atoms with Gasteiger partial charge in [-0.2, -0.15) is 5.26 Å². The van der Waals surface area contributed by atoms with Gasteiger partial charge in [-0.1, -0.05) is 30.3 Å². The van der Waals surface area contributed by atoms with Crippen LogP contribution in [0.2, 0.25) is 0 Å². The first-order chi connectivity index (χ1) is 14.2. The van der Waals surface area contributed by atoms with Crippen molar-refractivity contribution in [3.63, 3.8) is 0 Å². The molecular weight excluding hydrogens is 360 g/mol. The van der Waals surface area contributed by atoms with Gasteiger partial charge in [-0.3, -0.25) is 4.98 Å². The SMILES string of the molecule is N#Cc1ccccc1C1=CC(c2ccccn2)=CN(c2cccc(N)c2)C1C=O. The number of allylic oxidation sites excluding steroid dienone is 2. The molecule has 0 spiro atoms. The van der Waals surface area contributed by atoms with E-state index in [0.29, 0.717) is 11.3 Å². The Labute approximate surface area is 169 Å². The normalized spacial score (nSPS) is 15.8. The van der Waals surface area contributed by atoms with Crippen molar-refractivity contribution in [1.29, 1.82) is 5.26 Å². The second kappa shape index (κ2) is 7.83. The van der Waals surface area contributed by atoms with Crippen molar-refractivity contribution in [3.05, 3.63) is 102 Å². The molecule has 2 aromatic carbocycles. The number of aromatic nitrogens is 1. The molecule has 2 heterocycles. The van der Waals surface area contributed by atoms with Crippen LogP contribution >= 0.6 is 0 Å². The molecule has 29 heavy (non-hydrogen) atoms. The molecule has 0 radical (unpaired) electrons. The Morgan fingerprint density at radius 3 is 2.62 bits per heavy atom. The minimum Gasteiger partial charge on any atom is -0.399 e. The number of carbonyl (C=O) groups excluding carboxylic acids is 1. The second-order valence-corrected chi connectivity index (χ2v) is 6.64. The summed E-state index contributed by atoms with van der Waals surface area (Å²) in [5.74, 6) is 0. The Balaban J connectivity index is 1.93. The lowest BCUT2D eigenvalue weighted by Crippen LogP contribution is -2.36. The molecule has 0 fully saturated rings. The summed E-state index contributed by atoms with van der Waals surface area (Å²) < 4.78 is 0. The minimum atomic E-state index is -0.598. The fourth-order valence-electron chi connectivity index (χ4n) is 3.47. The number of aldehydes is 1. The zero-order valence-corrected chi connectivity index (χ0v) is 15.6. The third kappa shape index (κ3) is 3.52. The minimum absolute atomic E-state index is 0.514. The molecule has 1 unspecified atom stereocenters. The van der Waals surface area contributed by atoms with Gasteiger partial charge in [-0.25, -0.2) is 0 Å². The van der Waals surface area contributed by atoms with Crippen molar-refractivity contribution < 1.29 is 4.79 Å². The van der Waals surface area contributed by atoms with Gasteiger partial charge in [0.15, 0.2) is 0 Å². The first kappa shape index (κ1) is 18.2. The largest absolute Gasteiger partial charge is 0.399 e. The van der Waals surface area contributed by atoms with E-state index in [0.717, 1.165) is 34.4 Å². The summed E-state index contributed by atoms with van der Waals surface area (Å²) in [4.78, 5) is 18.5. The Morgan fingerprint density at radius 2 is 1.90 bits per heavy atom. The zero-order chi connectivity index (χ0) is 20.2. The molecule has 140 valence electrons. The highest BCUT2D eigenvalue weighted by atomic mass is 16.1. The predicted molar refractivity (Wildman–Crippen MR) is 115 cm³/mol. The lowest BCUT2D eigenvalue weighted by Gasteiger charge is -2.33. The maximum absolute atomic E-state index is 12.2. The van der Waals surface area contributed by atoms with E-state index >= 15 is 0 Å². The van der Waals surface area contributed by atoms with E-state index in [1.807, 2.05) is 71.8 Å². The predicted octanol–water partition coefficient (Wildman–Crippen LogP) is 4.05. The summed E-state index contributed by atoms with van der Waals surface area (Å²) in [5.41, 5.74) is 11.0. The first-order valence-corrected chi connectivity index (χ1v) is 9.15. The van der Waals surface area contributed by atoms with Gasteiger partial charge in [0.1, 0.15) is 12.3 Å². The number of anilines is 2. The number of rotatable bonds is 4. The molecule has 1 atom stereocenters. The zero-order valence-electron chi connectivity index (χ0n) is 15.6. The third-order valence-corrected chi connectivity index (χ3v) is 4.82. The van der Waals surface area contributed by atoms with E-state index in [9.17, 15) is 10.1 Å². The smallest absolute Gasteiger partial charge is 0.147 e. The number of nitrogens with two attached hydrogens (primary N) is 1. The van der Waals surface area contributed by atoms with Crippen molar-refractivity contribution in [2.45, 2.75) is 6.04 Å². The number of hydrogen-bond acceptors (Lipinski definition) is 5. The first-order valence-electron chi connectivity index (χ1n) is 9.15. The van der Waals surface area contributed by atoms with Crippen LogP contribution < -0.4 is 10.6 Å². The van der Waals surface area contributed by atoms with Crippen LogP contribution in [-0.4, -0.2) is 17.3 Å². The Bertz CT molecular complexity index is 1160. The Morgan fingerprint density at radius 1 is 1.07 bits per heavy atom. The van der Waals surface area contributed by atoms with Crippen molar-refractivity contribution in [2.75, 3.05) is 10.6 Å². The van der Waals surface area contributed by atoms with Gasteiger partial charge in [0.05, 0.1) is 17.3 Å². The Hall–Kier alpha value is -4.17. The maximum Gasteiger partial charge on any atom is 0.147 e. The molecule has 1 aliphatic rings. The molecule has 0 amide bonds. The second-order valence-electron chi connectivity index (χ2n) is 6.64. The summed E-state index contributed by atoms with van der Waals surface area (Å²) in [6, 6.07) is 22.0. The van der Waals surface area contributed by atoms with E-state index in [1.165, 1.54) is 0 Å². The maximum atomic E-state index is 12.2. The number of benzene rings is 2. The van der Waals surface area contributed by atoms with Crippen LogP contribution in [0.25, 0.3) is 11.1 Å². The molecule has 1 aromatic heterocycles. The topological polar surface area (TPSA) is 83.0 Å². The average molecular weight is 378 g/mol. The Kier molecular flexibility index (Phi) is 4.91. The lowest BCUT2D eigenvalue weighted by molar-refractivity contribution is -0.107. The molecule has 0 saturated heterocycles. The van der Waals surface area contributed by atoms with Crippen LogP contribution in [0.1, 0.15) is 16.8 Å². The summed E-state index contributed by atoms with van der Waals surface area (Å²) in [7, 11) is 0. The molecule has 0 saturated carbocycles. The highest BCUT2D eigenvalue weighted by Crippen LogP contribution is 2.36. The van der Waals surface area contributed by atoms with Gasteiger partial charge in [-0.05, 0) is 53.6 Å². The van der Waals surface area contributed by atoms with Crippen LogP contribution in [-0.2, 0) is 4.79 Å². The van der Waals surface area contributed by atoms with E-state index < -0.39 is 6.04 Å². The van der Waals surface area contributed by atoms with Crippen molar-refractivity contribution >= 4 is 28.8 Å². The summed E-state index contributed by atoms with van der Waals surface area (Å²) in [5, 5.41) is 9.59. The molecule has 1 aliphatic heterocycles. The monoisotopic (exact) mass is 378 g/mol. The van der Waals surface area contributed by atoms with Crippen molar-refractivity contribution in [3.8, 4) is 6.07 Å². The van der Waals surface area contributed by atoms with E-state index in [2.05, 4.69) is 11.1 Å². The van der Waals surface area contributed by atoms with Gasteiger partial charge in [0, 0.05) is 29.3 Å². The molecule has 3 aromatic rings. The lowest BCUT2D eigenvalue weighted by atomic mass is 9.89. The van der Waals surface area contributed by atoms with Crippen LogP contribution in [0.4, 0.5) is 11.4 Å². The highest BCUT2D eigenvalue weighted by Gasteiger charge is 2.28. The van der Waals surface area contributed by atoms with Crippen LogP contribution in [0.15, 0.2) is 85.2 Å². The number of pyridine rings is 1. The van der Waals surface area contributed by atoms with Gasteiger partial charge in [0.2, 0.25) is 0 Å². The molecule has 0 aliphatic carbocycles. The number of hydrogen-bond donors (Lipinski definition) is 1. The van der Waals surface area contributed by atoms with Crippen LogP contribution in [0.5, 0.6) is 0 Å². The quantitative estimate of drug-likeness (QED) is 0.547. The number of nitriles is 1. The number of nitrogen functional groups attached to an aromatic ring is 1. The van der Waals surface area contributed by atoms with Gasteiger partial charge in [0.25, 0.3) is 0 Å². The molecule has 4 rings (SSSR count). The fourth-order valence-corrected chi connectivity index (χ4v) is 3.47. The summed E-state index contributed by atoms with van der Waals surface area (Å²) >= 11 is 0.